The maximum atomic E-state index is 12.4. The van der Waals surface area contributed by atoms with Crippen molar-refractivity contribution in [2.45, 2.75) is 13.5 Å². The predicted molar refractivity (Wildman–Crippen MR) is 101 cm³/mol. The first-order chi connectivity index (χ1) is 12.3. The van der Waals surface area contributed by atoms with E-state index in [-0.39, 0.29) is 24.3 Å². The lowest BCUT2D eigenvalue weighted by molar-refractivity contribution is -0.119. The van der Waals surface area contributed by atoms with E-state index in [1.807, 2.05) is 0 Å². The van der Waals surface area contributed by atoms with Crippen molar-refractivity contribution in [2.75, 3.05) is 18.9 Å². The van der Waals surface area contributed by atoms with Crippen LogP contribution in [0.15, 0.2) is 48.5 Å². The first-order valence-electron chi connectivity index (χ1n) is 7.99. The maximum absolute atomic E-state index is 12.4. The Morgan fingerprint density at radius 3 is 2.19 bits per heavy atom. The van der Waals surface area contributed by atoms with Crippen LogP contribution in [0.2, 0.25) is 5.02 Å². The molecule has 0 saturated heterocycles. The number of rotatable bonds is 6. The van der Waals surface area contributed by atoms with Gasteiger partial charge in [0.2, 0.25) is 11.8 Å². The van der Waals surface area contributed by atoms with Crippen LogP contribution in [0.25, 0.3) is 0 Å². The van der Waals surface area contributed by atoms with E-state index in [4.69, 9.17) is 11.6 Å². The molecule has 0 aromatic heterocycles. The van der Waals surface area contributed by atoms with Gasteiger partial charge < -0.3 is 15.5 Å². The summed E-state index contributed by atoms with van der Waals surface area (Å²) in [7, 11) is 1.56. The highest BCUT2D eigenvalue weighted by Gasteiger charge is 2.15. The van der Waals surface area contributed by atoms with Gasteiger partial charge in [0.1, 0.15) is 0 Å². The highest BCUT2D eigenvalue weighted by Crippen LogP contribution is 2.13. The van der Waals surface area contributed by atoms with E-state index < -0.39 is 0 Å². The number of hydrogen-bond acceptors (Lipinski definition) is 3. The molecule has 7 heteroatoms. The van der Waals surface area contributed by atoms with Gasteiger partial charge >= 0.3 is 0 Å². The smallest absolute Gasteiger partial charge is 0.254 e. The van der Waals surface area contributed by atoms with E-state index in [0.29, 0.717) is 22.8 Å². The molecule has 0 unspecified atom stereocenters. The SMILES string of the molecule is CC(=O)NCc1ccc(C(=O)N(C)CC(=O)Nc2ccc(Cl)cc2)cc1. The molecule has 0 aliphatic rings. The Bertz CT molecular complexity index is 789. The molecule has 0 atom stereocenters. The zero-order valence-electron chi connectivity index (χ0n) is 14.6. The summed E-state index contributed by atoms with van der Waals surface area (Å²) in [6, 6.07) is 13.6. The Kier molecular flexibility index (Phi) is 6.74. The Morgan fingerprint density at radius 2 is 1.62 bits per heavy atom. The summed E-state index contributed by atoms with van der Waals surface area (Å²) in [6.45, 7) is 1.78. The number of halogens is 1. The Morgan fingerprint density at radius 1 is 1.00 bits per heavy atom. The van der Waals surface area contributed by atoms with Gasteiger partial charge in [-0.3, -0.25) is 14.4 Å². The lowest BCUT2D eigenvalue weighted by Crippen LogP contribution is -2.34. The molecule has 0 bridgehead atoms. The van der Waals surface area contributed by atoms with E-state index in [2.05, 4.69) is 10.6 Å². The minimum absolute atomic E-state index is 0.0743. The molecular weight excluding hydrogens is 354 g/mol. The third-order valence-electron chi connectivity index (χ3n) is 3.60. The van der Waals surface area contributed by atoms with Crippen molar-refractivity contribution >= 4 is 35.0 Å². The molecule has 3 amide bonds. The first kappa shape index (κ1) is 19.5. The molecule has 2 N–H and O–H groups in total. The molecule has 0 spiro atoms. The summed E-state index contributed by atoms with van der Waals surface area (Å²) in [5, 5.41) is 5.98. The molecular formula is C19H20ClN3O3. The summed E-state index contributed by atoms with van der Waals surface area (Å²) in [6.07, 6.45) is 0. The molecule has 6 nitrogen and oxygen atoms in total. The first-order valence-corrected chi connectivity index (χ1v) is 8.37. The highest BCUT2D eigenvalue weighted by atomic mass is 35.5. The molecule has 136 valence electrons. The zero-order valence-corrected chi connectivity index (χ0v) is 15.3. The Balaban J connectivity index is 1.90. The molecule has 0 aliphatic heterocycles. The van der Waals surface area contributed by atoms with Gasteiger partial charge in [-0.05, 0) is 42.0 Å². The van der Waals surface area contributed by atoms with E-state index in [1.54, 1.807) is 55.6 Å². The fraction of sp³-hybridized carbons (Fsp3) is 0.211. The zero-order chi connectivity index (χ0) is 19.1. The van der Waals surface area contributed by atoms with Crippen LogP contribution in [0.4, 0.5) is 5.69 Å². The van der Waals surface area contributed by atoms with Crippen molar-refractivity contribution in [3.63, 3.8) is 0 Å². The molecule has 2 rings (SSSR count). The lowest BCUT2D eigenvalue weighted by Gasteiger charge is -2.17. The molecule has 0 radical (unpaired) electrons. The summed E-state index contributed by atoms with van der Waals surface area (Å²) in [4.78, 5) is 36.7. The van der Waals surface area contributed by atoms with Crippen LogP contribution >= 0.6 is 11.6 Å². The number of benzene rings is 2. The third kappa shape index (κ3) is 5.89. The second kappa shape index (κ2) is 9.01. The third-order valence-corrected chi connectivity index (χ3v) is 3.85. The fourth-order valence-electron chi connectivity index (χ4n) is 2.23. The molecule has 0 aliphatic carbocycles. The van der Waals surface area contributed by atoms with Gasteiger partial charge in [0.05, 0.1) is 6.54 Å². The Labute approximate surface area is 157 Å². The normalized spacial score (nSPS) is 10.1. The average Bonchev–Trinajstić information content (AvgIpc) is 2.61. The van der Waals surface area contributed by atoms with E-state index in [0.717, 1.165) is 5.56 Å². The van der Waals surface area contributed by atoms with Crippen LogP contribution < -0.4 is 10.6 Å². The average molecular weight is 374 g/mol. The number of carbonyl (C=O) groups is 3. The van der Waals surface area contributed by atoms with Crippen molar-refractivity contribution in [1.29, 1.82) is 0 Å². The van der Waals surface area contributed by atoms with Gasteiger partial charge in [-0.15, -0.1) is 0 Å². The van der Waals surface area contributed by atoms with Crippen molar-refractivity contribution in [3.8, 4) is 0 Å². The van der Waals surface area contributed by atoms with E-state index in [9.17, 15) is 14.4 Å². The number of hydrogen-bond donors (Lipinski definition) is 2. The lowest BCUT2D eigenvalue weighted by atomic mass is 10.1. The number of nitrogens with one attached hydrogen (secondary N) is 2. The van der Waals surface area contributed by atoms with Crippen LogP contribution in [0.3, 0.4) is 0 Å². The van der Waals surface area contributed by atoms with Crippen molar-refractivity contribution in [3.05, 3.63) is 64.7 Å². The van der Waals surface area contributed by atoms with Crippen molar-refractivity contribution in [1.82, 2.24) is 10.2 Å². The second-order valence-electron chi connectivity index (χ2n) is 5.82. The monoisotopic (exact) mass is 373 g/mol. The molecule has 0 saturated carbocycles. The topological polar surface area (TPSA) is 78.5 Å². The molecule has 0 fully saturated rings. The van der Waals surface area contributed by atoms with Gasteiger partial charge in [0.25, 0.3) is 5.91 Å². The fourth-order valence-corrected chi connectivity index (χ4v) is 2.36. The molecule has 2 aromatic carbocycles. The highest BCUT2D eigenvalue weighted by molar-refractivity contribution is 6.30. The quantitative estimate of drug-likeness (QED) is 0.817. The number of likely N-dealkylation sites (N-methyl/N-ethyl adjacent to an activating group) is 1. The van der Waals surface area contributed by atoms with Crippen LogP contribution in [-0.4, -0.2) is 36.2 Å². The number of amides is 3. The van der Waals surface area contributed by atoms with Crippen LogP contribution in [0.5, 0.6) is 0 Å². The standard InChI is InChI=1S/C19H20ClN3O3/c1-13(24)21-11-14-3-5-15(6-4-14)19(26)23(2)12-18(25)22-17-9-7-16(20)8-10-17/h3-10H,11-12H2,1-2H3,(H,21,24)(H,22,25). The Hall–Kier alpha value is -2.86. The van der Waals surface area contributed by atoms with Gasteiger partial charge in [-0.1, -0.05) is 23.7 Å². The molecule has 0 heterocycles. The molecule has 2 aromatic rings. The van der Waals surface area contributed by atoms with Gasteiger partial charge in [0.15, 0.2) is 0 Å². The molecule has 26 heavy (non-hydrogen) atoms. The van der Waals surface area contributed by atoms with Gasteiger partial charge in [0, 0.05) is 36.8 Å². The van der Waals surface area contributed by atoms with E-state index >= 15 is 0 Å². The summed E-state index contributed by atoms with van der Waals surface area (Å²) >= 11 is 5.80. The van der Waals surface area contributed by atoms with Gasteiger partial charge in [-0.2, -0.15) is 0 Å². The number of anilines is 1. The van der Waals surface area contributed by atoms with Crippen molar-refractivity contribution < 1.29 is 14.4 Å². The summed E-state index contributed by atoms with van der Waals surface area (Å²) in [5.41, 5.74) is 1.97. The van der Waals surface area contributed by atoms with Crippen LogP contribution in [-0.2, 0) is 16.1 Å². The largest absolute Gasteiger partial charge is 0.352 e. The van der Waals surface area contributed by atoms with Gasteiger partial charge in [-0.25, -0.2) is 0 Å². The predicted octanol–water partition coefficient (Wildman–Crippen LogP) is 2.69. The second-order valence-corrected chi connectivity index (χ2v) is 6.26. The van der Waals surface area contributed by atoms with Crippen molar-refractivity contribution in [2.24, 2.45) is 0 Å². The number of nitrogens with zero attached hydrogens (tertiary/aromatic N) is 1. The van der Waals surface area contributed by atoms with E-state index in [1.165, 1.54) is 11.8 Å². The minimum Gasteiger partial charge on any atom is -0.352 e. The summed E-state index contributed by atoms with van der Waals surface area (Å²) < 4.78 is 0. The number of carbonyl (C=O) groups excluding carboxylic acids is 3. The minimum atomic E-state index is -0.301. The van der Waals surface area contributed by atoms with Crippen LogP contribution in [0.1, 0.15) is 22.8 Å². The summed E-state index contributed by atoms with van der Waals surface area (Å²) in [5.74, 6) is -0.677. The van der Waals surface area contributed by atoms with Crippen LogP contribution in [0, 0.1) is 0 Å². The maximum Gasteiger partial charge on any atom is 0.254 e.